The summed E-state index contributed by atoms with van der Waals surface area (Å²) in [4.78, 5) is 34.9. The Morgan fingerprint density at radius 2 is 1.40 bits per heavy atom. The van der Waals surface area contributed by atoms with Crippen molar-refractivity contribution in [2.75, 3.05) is 18.6 Å². The van der Waals surface area contributed by atoms with E-state index in [0.717, 1.165) is 56.9 Å². The van der Waals surface area contributed by atoms with Crippen molar-refractivity contribution in [2.45, 2.75) is 96.1 Å². The van der Waals surface area contributed by atoms with E-state index < -0.39 is 18.8 Å². The number of hydrogen-bond donors (Lipinski definition) is 3. The molecule has 0 aliphatic rings. The Bertz CT molecular complexity index is 731. The van der Waals surface area contributed by atoms with Crippen molar-refractivity contribution >= 4 is 23.5 Å². The van der Waals surface area contributed by atoms with Gasteiger partial charge in [0, 0.05) is 18.5 Å². The molecule has 1 atom stereocenters. The molecule has 0 fully saturated rings. The second-order valence-corrected chi connectivity index (χ2v) is 8.75. The van der Waals surface area contributed by atoms with Crippen LogP contribution in [0.2, 0.25) is 0 Å². The molecular weight excluding hydrogens is 458 g/mol. The van der Waals surface area contributed by atoms with Crippen LogP contribution < -0.4 is 10.8 Å². The van der Waals surface area contributed by atoms with Crippen molar-refractivity contribution in [3.05, 3.63) is 29.8 Å². The van der Waals surface area contributed by atoms with E-state index in [1.165, 1.54) is 0 Å². The first-order valence-corrected chi connectivity index (χ1v) is 12.6. The maximum Gasteiger partial charge on any atom is 0.310 e. The van der Waals surface area contributed by atoms with Gasteiger partial charge in [-0.3, -0.25) is 19.6 Å². The molecule has 3 N–H and O–H groups in total. The van der Waals surface area contributed by atoms with Crippen LogP contribution in [0, 0.1) is 0 Å². The molecule has 0 aliphatic heterocycles. The molecule has 0 saturated carbocycles. The summed E-state index contributed by atoms with van der Waals surface area (Å²) in [5.41, 5.74) is 3.07. The normalized spacial score (nSPS) is 11.6. The molecule has 0 aliphatic carbocycles. The summed E-state index contributed by atoms with van der Waals surface area (Å²) in [6.45, 7) is -0.527. The van der Waals surface area contributed by atoms with E-state index in [0.29, 0.717) is 31.6 Å². The topological polar surface area (TPSA) is 105 Å². The highest BCUT2D eigenvalue weighted by atomic mass is 19.2. The molecule has 0 aromatic heterocycles. The molecular formula is C26H40F2N2O5. The molecule has 0 bridgehead atoms. The van der Waals surface area contributed by atoms with Crippen molar-refractivity contribution in [3.8, 4) is 0 Å². The lowest BCUT2D eigenvalue weighted by Crippen LogP contribution is -2.17. The Labute approximate surface area is 207 Å². The molecule has 9 heteroatoms. The second-order valence-electron chi connectivity index (χ2n) is 8.75. The summed E-state index contributed by atoms with van der Waals surface area (Å²) in [5.74, 6) is -0.778. The van der Waals surface area contributed by atoms with Gasteiger partial charge in [0.15, 0.2) is 0 Å². The molecule has 35 heavy (non-hydrogen) atoms. The largest absolute Gasteiger partial charge is 0.465 e. The lowest BCUT2D eigenvalue weighted by Gasteiger charge is -2.08. The number of amides is 2. The number of anilines is 1. The van der Waals surface area contributed by atoms with Gasteiger partial charge in [-0.15, -0.1) is 0 Å². The fourth-order valence-electron chi connectivity index (χ4n) is 3.57. The average Bonchev–Trinajstić information content (AvgIpc) is 2.85. The predicted molar refractivity (Wildman–Crippen MR) is 131 cm³/mol. The SMILES string of the molecule is O=C(CCCCCCC(=O)Nc1ccc(CC(=O)OCCCCCCCCC(F)CF)cc1)NO. The molecule has 0 heterocycles. The zero-order valence-corrected chi connectivity index (χ0v) is 20.5. The number of rotatable bonds is 20. The number of alkyl halides is 2. The van der Waals surface area contributed by atoms with Crippen molar-refractivity contribution in [3.63, 3.8) is 0 Å². The van der Waals surface area contributed by atoms with Crippen molar-refractivity contribution in [1.82, 2.24) is 5.48 Å². The molecule has 198 valence electrons. The van der Waals surface area contributed by atoms with E-state index in [1.807, 2.05) is 0 Å². The van der Waals surface area contributed by atoms with E-state index in [1.54, 1.807) is 29.7 Å². The molecule has 0 spiro atoms. The van der Waals surface area contributed by atoms with Crippen LogP contribution in [0.4, 0.5) is 14.5 Å². The highest BCUT2D eigenvalue weighted by Gasteiger charge is 2.07. The lowest BCUT2D eigenvalue weighted by molar-refractivity contribution is -0.143. The zero-order valence-electron chi connectivity index (χ0n) is 20.5. The molecule has 1 aromatic rings. The maximum atomic E-state index is 12.8. The van der Waals surface area contributed by atoms with Crippen molar-refractivity contribution < 1.29 is 33.1 Å². The van der Waals surface area contributed by atoms with Crippen LogP contribution in [0.3, 0.4) is 0 Å². The number of benzene rings is 1. The van der Waals surface area contributed by atoms with Crippen molar-refractivity contribution in [1.29, 1.82) is 0 Å². The summed E-state index contributed by atoms with van der Waals surface area (Å²) < 4.78 is 30.0. The first kappa shape index (κ1) is 30.5. The Balaban J connectivity index is 2.08. The van der Waals surface area contributed by atoms with E-state index in [2.05, 4.69) is 5.32 Å². The third kappa shape index (κ3) is 16.7. The smallest absolute Gasteiger partial charge is 0.310 e. The van der Waals surface area contributed by atoms with E-state index in [-0.39, 0.29) is 31.1 Å². The van der Waals surface area contributed by atoms with Crippen LogP contribution in [0.15, 0.2) is 24.3 Å². The number of hydroxylamine groups is 1. The van der Waals surface area contributed by atoms with Crippen LogP contribution in [-0.4, -0.2) is 42.4 Å². The minimum atomic E-state index is -1.33. The lowest BCUT2D eigenvalue weighted by atomic mass is 10.1. The van der Waals surface area contributed by atoms with Crippen LogP contribution in [0.1, 0.15) is 89.0 Å². The Morgan fingerprint density at radius 1 is 0.829 bits per heavy atom. The van der Waals surface area contributed by atoms with Gasteiger partial charge >= 0.3 is 5.97 Å². The summed E-state index contributed by atoms with van der Waals surface area (Å²) in [6, 6.07) is 7.08. The highest BCUT2D eigenvalue weighted by molar-refractivity contribution is 5.90. The van der Waals surface area contributed by atoms with Gasteiger partial charge in [0.05, 0.1) is 13.0 Å². The van der Waals surface area contributed by atoms with Gasteiger partial charge < -0.3 is 10.1 Å². The van der Waals surface area contributed by atoms with Gasteiger partial charge in [-0.1, -0.05) is 57.1 Å². The average molecular weight is 499 g/mol. The zero-order chi connectivity index (χ0) is 25.7. The van der Waals surface area contributed by atoms with Gasteiger partial charge in [-0.25, -0.2) is 14.3 Å². The van der Waals surface area contributed by atoms with E-state index in [4.69, 9.17) is 9.94 Å². The van der Waals surface area contributed by atoms with Crippen LogP contribution in [0.5, 0.6) is 0 Å². The van der Waals surface area contributed by atoms with Gasteiger partial charge in [0.1, 0.15) is 12.8 Å². The summed E-state index contributed by atoms with van der Waals surface area (Å²) in [5, 5.41) is 11.2. The quantitative estimate of drug-likeness (QED) is 0.0940. The molecule has 1 rings (SSSR count). The summed E-state index contributed by atoms with van der Waals surface area (Å²) in [7, 11) is 0. The predicted octanol–water partition coefficient (Wildman–Crippen LogP) is 5.60. The second kappa shape index (κ2) is 19.7. The summed E-state index contributed by atoms with van der Waals surface area (Å²) >= 11 is 0. The van der Waals surface area contributed by atoms with Gasteiger partial charge in [-0.2, -0.15) is 0 Å². The van der Waals surface area contributed by atoms with Crippen LogP contribution in [0.25, 0.3) is 0 Å². The minimum absolute atomic E-state index is 0.0865. The molecule has 0 radical (unpaired) electrons. The van der Waals surface area contributed by atoms with E-state index >= 15 is 0 Å². The van der Waals surface area contributed by atoms with Gasteiger partial charge in [0.25, 0.3) is 0 Å². The number of hydrogen-bond acceptors (Lipinski definition) is 5. The number of halogens is 2. The number of carbonyl (C=O) groups is 3. The number of carbonyl (C=O) groups excluding carboxylic acids is 3. The third-order valence-corrected chi connectivity index (χ3v) is 5.61. The number of esters is 1. The number of ether oxygens (including phenoxy) is 1. The number of unbranched alkanes of at least 4 members (excludes halogenated alkanes) is 8. The Morgan fingerprint density at radius 3 is 2.03 bits per heavy atom. The first-order valence-electron chi connectivity index (χ1n) is 12.6. The van der Waals surface area contributed by atoms with Gasteiger partial charge in [-0.05, 0) is 43.4 Å². The molecule has 1 unspecified atom stereocenters. The minimum Gasteiger partial charge on any atom is -0.465 e. The fraction of sp³-hybridized carbons (Fsp3) is 0.654. The van der Waals surface area contributed by atoms with Crippen LogP contribution in [-0.2, 0) is 25.5 Å². The Kier molecular flexibility index (Phi) is 17.2. The first-order chi connectivity index (χ1) is 16.9. The highest BCUT2D eigenvalue weighted by Crippen LogP contribution is 2.13. The molecule has 2 amide bonds. The summed E-state index contributed by atoms with van der Waals surface area (Å²) in [6.07, 6.45) is 8.10. The van der Waals surface area contributed by atoms with Crippen molar-refractivity contribution in [2.24, 2.45) is 0 Å². The fourth-order valence-corrected chi connectivity index (χ4v) is 3.57. The molecule has 1 aromatic carbocycles. The molecule has 0 saturated heterocycles. The molecule has 7 nitrogen and oxygen atoms in total. The third-order valence-electron chi connectivity index (χ3n) is 5.61. The maximum absolute atomic E-state index is 12.8. The van der Waals surface area contributed by atoms with Crippen LogP contribution >= 0.6 is 0 Å². The Hall–Kier alpha value is -2.55. The standard InChI is InChI=1S/C26H40F2N2O5/c27-20-22(28)11-7-3-1-2-6-10-18-35-26(33)19-21-14-16-23(17-15-21)29-24(31)12-8-4-5-9-13-25(32)30-34/h14-17,22,34H,1-13,18-20H2,(H,29,31)(H,30,32). The van der Waals surface area contributed by atoms with Gasteiger partial charge in [0.2, 0.25) is 11.8 Å². The van der Waals surface area contributed by atoms with E-state index in [9.17, 15) is 23.2 Å². The number of nitrogens with one attached hydrogen (secondary N) is 2. The monoisotopic (exact) mass is 498 g/mol.